The highest BCUT2D eigenvalue weighted by Crippen LogP contribution is 2.14. The summed E-state index contributed by atoms with van der Waals surface area (Å²) in [6, 6.07) is -1.14. The highest BCUT2D eigenvalue weighted by atomic mass is 79.9. The monoisotopic (exact) mass is 980 g/mol. The topological polar surface area (TPSA) is 257 Å². The molecule has 0 rings (SSSR count). The second kappa shape index (κ2) is 44.8. The molecule has 19 heteroatoms. The third kappa shape index (κ3) is 43.8. The third-order valence-electron chi connectivity index (χ3n) is 10.1. The lowest BCUT2D eigenvalue weighted by Crippen LogP contribution is -2.42. The van der Waals surface area contributed by atoms with Crippen molar-refractivity contribution < 1.29 is 62.7 Å². The molecule has 0 heterocycles. The molecule has 0 spiro atoms. The average molecular weight is 981 g/mol. The van der Waals surface area contributed by atoms with Crippen molar-refractivity contribution in [3.8, 4) is 0 Å². The van der Waals surface area contributed by atoms with E-state index in [-0.39, 0.29) is 94.2 Å². The zero-order chi connectivity index (χ0) is 47.3. The number of carboxylic acids is 2. The predicted molar refractivity (Wildman–Crippen MR) is 247 cm³/mol. The summed E-state index contributed by atoms with van der Waals surface area (Å²) in [7, 11) is 0. The van der Waals surface area contributed by atoms with E-state index in [1.54, 1.807) is 0 Å². The van der Waals surface area contributed by atoms with Gasteiger partial charge in [-0.1, -0.05) is 106 Å². The molecule has 0 aliphatic heterocycles. The summed E-state index contributed by atoms with van der Waals surface area (Å²) in [6.45, 7) is 3.69. The van der Waals surface area contributed by atoms with Crippen molar-refractivity contribution in [3.05, 3.63) is 0 Å². The molecule has 372 valence electrons. The highest BCUT2D eigenvalue weighted by Gasteiger charge is 2.19. The second-order valence-electron chi connectivity index (χ2n) is 16.0. The summed E-state index contributed by atoms with van der Waals surface area (Å²) in [5.74, 6) is -2.95. The molecule has 0 aromatic rings. The molecule has 7 N–H and O–H groups in total. The van der Waals surface area contributed by atoms with Gasteiger partial charge in [0.2, 0.25) is 29.5 Å². The maximum atomic E-state index is 12.3. The van der Waals surface area contributed by atoms with E-state index in [0.29, 0.717) is 58.2 Å². The average Bonchev–Trinajstić information content (AvgIpc) is 3.26. The number of unbranched alkanes of at least 4 members (excludes halogenated alkanes) is 16. The normalized spacial score (nSPS) is 12.0. The first-order valence-corrected chi connectivity index (χ1v) is 24.8. The van der Waals surface area contributed by atoms with Gasteiger partial charge in [0, 0.05) is 44.9 Å². The third-order valence-corrected chi connectivity index (χ3v) is 10.6. The van der Waals surface area contributed by atoms with E-state index in [1.165, 1.54) is 64.2 Å². The summed E-state index contributed by atoms with van der Waals surface area (Å²) >= 11 is 3.04. The van der Waals surface area contributed by atoms with Crippen LogP contribution in [0.1, 0.15) is 155 Å². The fraction of sp³-hybridized carbons (Fsp3) is 0.844. The van der Waals surface area contributed by atoms with Gasteiger partial charge in [0.05, 0.1) is 45.0 Å². The van der Waals surface area contributed by atoms with Gasteiger partial charge in [-0.2, -0.15) is 0 Å². The summed E-state index contributed by atoms with van der Waals surface area (Å²) in [6.07, 6.45) is 21.7. The Hall–Kier alpha value is -3.39. The van der Waals surface area contributed by atoms with Gasteiger partial charge in [-0.05, 0) is 45.4 Å². The molecule has 0 unspecified atom stereocenters. The van der Waals surface area contributed by atoms with Gasteiger partial charge in [-0.25, -0.2) is 4.79 Å². The molecule has 0 bridgehead atoms. The number of halogens is 1. The first kappa shape index (κ1) is 60.6. The Labute approximate surface area is 390 Å². The quantitative estimate of drug-likeness (QED) is 0.0316. The number of hydrogen-bond acceptors (Lipinski definition) is 11. The van der Waals surface area contributed by atoms with Gasteiger partial charge >= 0.3 is 11.9 Å². The Bertz CT molecular complexity index is 1250. The lowest BCUT2D eigenvalue weighted by atomic mass is 10.0. The minimum atomic E-state index is -1.15. The van der Waals surface area contributed by atoms with Gasteiger partial charge in [0.1, 0.15) is 19.3 Å². The number of alkyl halides is 1. The van der Waals surface area contributed by atoms with Crippen LogP contribution in [0.3, 0.4) is 0 Å². The molecular formula is C45H82BrN5O13. The molecule has 18 nitrogen and oxygen atoms in total. The van der Waals surface area contributed by atoms with E-state index in [9.17, 15) is 38.7 Å². The molecule has 64 heavy (non-hydrogen) atoms. The number of ether oxygens (including phenoxy) is 4. The zero-order valence-corrected chi connectivity index (χ0v) is 40.3. The maximum Gasteiger partial charge on any atom is 0.326 e. The van der Waals surface area contributed by atoms with Crippen LogP contribution in [0.2, 0.25) is 0 Å². The van der Waals surface area contributed by atoms with Crippen LogP contribution in [0.5, 0.6) is 0 Å². The number of rotatable bonds is 47. The van der Waals surface area contributed by atoms with Crippen LogP contribution in [-0.4, -0.2) is 142 Å². The smallest absolute Gasteiger partial charge is 0.326 e. The highest BCUT2D eigenvalue weighted by molar-refractivity contribution is 9.09. The number of hydrogen-bond donors (Lipinski definition) is 7. The van der Waals surface area contributed by atoms with E-state index >= 15 is 0 Å². The molecular weight excluding hydrogens is 898 g/mol. The molecule has 0 aromatic heterocycles. The molecule has 2 atom stereocenters. The van der Waals surface area contributed by atoms with E-state index in [0.717, 1.165) is 38.5 Å². The van der Waals surface area contributed by atoms with Crippen LogP contribution < -0.4 is 26.6 Å². The lowest BCUT2D eigenvalue weighted by molar-refractivity contribution is -0.143. The Balaban J connectivity index is 3.57. The van der Waals surface area contributed by atoms with Gasteiger partial charge < -0.3 is 55.7 Å². The maximum absolute atomic E-state index is 12.3. The lowest BCUT2D eigenvalue weighted by Gasteiger charge is -2.14. The van der Waals surface area contributed by atoms with Gasteiger partial charge in [-0.15, -0.1) is 0 Å². The second-order valence-corrected chi connectivity index (χ2v) is 16.6. The molecule has 0 radical (unpaired) electrons. The van der Waals surface area contributed by atoms with Crippen LogP contribution in [0.25, 0.3) is 0 Å². The van der Waals surface area contributed by atoms with Crippen molar-refractivity contribution in [2.45, 2.75) is 167 Å². The van der Waals surface area contributed by atoms with Crippen LogP contribution in [0, 0.1) is 0 Å². The molecule has 0 aliphatic rings. The first-order chi connectivity index (χ1) is 30.9. The molecule has 0 aromatic carbocycles. The molecule has 0 saturated heterocycles. The van der Waals surface area contributed by atoms with E-state index < -0.39 is 23.9 Å². The number of amides is 5. The Morgan fingerprint density at radius 1 is 0.438 bits per heavy atom. The number of nitrogens with one attached hydrogen (secondary N) is 5. The summed E-state index contributed by atoms with van der Waals surface area (Å²) < 4.78 is 21.3. The van der Waals surface area contributed by atoms with E-state index in [4.69, 9.17) is 24.1 Å². The van der Waals surface area contributed by atoms with Crippen molar-refractivity contribution in [3.63, 3.8) is 0 Å². The minimum Gasteiger partial charge on any atom is -0.481 e. The number of carbonyl (C=O) groups excluding carboxylic acids is 5. The van der Waals surface area contributed by atoms with Crippen LogP contribution >= 0.6 is 15.9 Å². The molecule has 0 aliphatic carbocycles. The predicted octanol–water partition coefficient (Wildman–Crippen LogP) is 4.93. The summed E-state index contributed by atoms with van der Waals surface area (Å²) in [5.41, 5.74) is 0. The van der Waals surface area contributed by atoms with Crippen molar-refractivity contribution in [1.29, 1.82) is 0 Å². The van der Waals surface area contributed by atoms with Gasteiger partial charge in [-0.3, -0.25) is 28.8 Å². The number of carboxylic acid groups (broad SMARTS) is 2. The molecule has 0 saturated carbocycles. The van der Waals surface area contributed by atoms with Gasteiger partial charge in [0.25, 0.3) is 0 Å². The first-order valence-electron chi connectivity index (χ1n) is 23.6. The molecule has 5 amide bonds. The minimum absolute atomic E-state index is 0.0301. The Morgan fingerprint density at radius 3 is 1.39 bits per heavy atom. The summed E-state index contributed by atoms with van der Waals surface area (Å²) in [5, 5.41) is 31.7. The fourth-order valence-electron chi connectivity index (χ4n) is 6.48. The van der Waals surface area contributed by atoms with Crippen molar-refractivity contribution >= 4 is 57.4 Å². The zero-order valence-electron chi connectivity index (χ0n) is 38.7. The summed E-state index contributed by atoms with van der Waals surface area (Å²) in [4.78, 5) is 81.6. The van der Waals surface area contributed by atoms with Gasteiger partial charge in [0.15, 0.2) is 0 Å². The van der Waals surface area contributed by atoms with Crippen LogP contribution in [-0.2, 0) is 52.5 Å². The van der Waals surface area contributed by atoms with Crippen LogP contribution in [0.4, 0.5) is 0 Å². The largest absolute Gasteiger partial charge is 0.481 e. The standard InChI is InChI=1S/C45H82BrN5O13/c1-37(50-40(53)21-16-14-12-10-8-6-4-2-3-5-7-9-11-13-15-17-22-44(57)58)23-24-39(52)48-26-28-61-30-32-63-35-42(55)49-27-29-62-31-33-64-36-43(56)51-38(45(59)60)20-18-19-25-47-41(54)34-46/h37-38H,2-36H2,1H3,(H,47,54)(H,48,52)(H,49,55)(H,50,53)(H,51,56)(H,57,58)(H,59,60)/t37-,38+/m1/s1. The fourth-order valence-corrected chi connectivity index (χ4v) is 6.68. The van der Waals surface area contributed by atoms with E-state index in [2.05, 4.69) is 42.5 Å². The number of aliphatic carboxylic acids is 2. The van der Waals surface area contributed by atoms with Crippen molar-refractivity contribution in [2.24, 2.45) is 0 Å². The Morgan fingerprint density at radius 2 is 0.891 bits per heavy atom. The SMILES string of the molecule is C[C@H](CCC(=O)NCCOCCOCC(=O)NCCOCCOCC(=O)N[C@@H](CCCCNC(=O)CBr)C(=O)O)NC(=O)CCCCCCCCCCCCCCCCCCC(=O)O. The van der Waals surface area contributed by atoms with Crippen molar-refractivity contribution in [2.75, 3.05) is 77.8 Å². The number of carbonyl (C=O) groups is 7. The van der Waals surface area contributed by atoms with Crippen LogP contribution in [0.15, 0.2) is 0 Å². The van der Waals surface area contributed by atoms with E-state index in [1.807, 2.05) is 6.92 Å². The van der Waals surface area contributed by atoms with Crippen molar-refractivity contribution in [1.82, 2.24) is 26.6 Å². The Kier molecular flexibility index (Phi) is 42.4. The molecule has 0 fully saturated rings.